The van der Waals surface area contributed by atoms with Gasteiger partial charge < -0.3 is 9.74 Å². The number of rotatable bonds is 9. The molecule has 172 valence electrons. The molecule has 0 aliphatic carbocycles. The van der Waals surface area contributed by atoms with Crippen molar-refractivity contribution in [3.63, 3.8) is 0 Å². The third-order valence-corrected chi connectivity index (χ3v) is 11.5. The van der Waals surface area contributed by atoms with E-state index in [4.69, 9.17) is 4.43 Å². The molecular weight excluding hydrogens is 410 g/mol. The van der Waals surface area contributed by atoms with E-state index >= 15 is 0 Å². The van der Waals surface area contributed by atoms with Crippen LogP contribution >= 0.6 is 0 Å². The molecule has 0 aromatic heterocycles. The number of allylic oxidation sites excluding steroid dienone is 1. The van der Waals surface area contributed by atoms with Crippen molar-refractivity contribution in [1.29, 1.82) is 0 Å². The minimum Gasteiger partial charge on any atom is -0.404 e. The van der Waals surface area contributed by atoms with E-state index in [1.54, 1.807) is 0 Å². The third-order valence-electron chi connectivity index (χ3n) is 6.49. The largest absolute Gasteiger partial charge is 0.404 e. The molecular formula is C28H39NO2Si. The quantitative estimate of drug-likeness (QED) is 0.324. The highest BCUT2D eigenvalue weighted by molar-refractivity contribution is 6.99. The SMILES string of the molecule is C[C@@H]1CC(=O)N[C@H](CCC/C=C\CO[Si](c2ccccc2)(c2ccccc2)C(C)(C)C)C1. The van der Waals surface area contributed by atoms with Crippen LogP contribution in [0.1, 0.15) is 59.8 Å². The first-order valence-corrected chi connectivity index (χ1v) is 13.9. The highest BCUT2D eigenvalue weighted by Crippen LogP contribution is 2.36. The van der Waals surface area contributed by atoms with E-state index in [0.29, 0.717) is 25.0 Å². The first-order valence-electron chi connectivity index (χ1n) is 12.0. The van der Waals surface area contributed by atoms with Crippen molar-refractivity contribution in [2.24, 2.45) is 5.92 Å². The number of hydrogen-bond acceptors (Lipinski definition) is 2. The first-order chi connectivity index (χ1) is 15.3. The standard InChI is InChI=1S/C28H39NO2Si/c1-23-21-24(29-27(30)22-23)15-9-5-6-14-20-31-32(28(2,3)4,25-16-10-7-11-17-25)26-18-12-8-13-19-26/h6-8,10-14,16-19,23-24H,5,9,15,20-22H2,1-4H3,(H,29,30)/b14-6-/t23-,24+/m0/s1. The van der Waals surface area contributed by atoms with Gasteiger partial charge in [-0.3, -0.25) is 4.79 Å². The average molecular weight is 450 g/mol. The Kier molecular flexibility index (Phi) is 8.49. The van der Waals surface area contributed by atoms with E-state index in [9.17, 15) is 4.79 Å². The summed E-state index contributed by atoms with van der Waals surface area (Å²) in [7, 11) is -2.46. The first kappa shape index (κ1) is 24.5. The van der Waals surface area contributed by atoms with Gasteiger partial charge in [-0.2, -0.15) is 0 Å². The van der Waals surface area contributed by atoms with E-state index in [-0.39, 0.29) is 10.9 Å². The average Bonchev–Trinajstić information content (AvgIpc) is 2.75. The Bertz CT molecular complexity index is 834. The van der Waals surface area contributed by atoms with E-state index in [1.165, 1.54) is 10.4 Å². The lowest BCUT2D eigenvalue weighted by atomic mass is 9.91. The fourth-order valence-corrected chi connectivity index (χ4v) is 9.53. The normalized spacial score (nSPS) is 19.8. The number of amides is 1. The molecule has 4 heteroatoms. The van der Waals surface area contributed by atoms with Gasteiger partial charge in [-0.05, 0) is 47.0 Å². The maximum absolute atomic E-state index is 11.7. The number of benzene rings is 2. The number of carbonyl (C=O) groups excluding carboxylic acids is 1. The molecule has 3 rings (SSSR count). The van der Waals surface area contributed by atoms with Crippen LogP contribution in [0.4, 0.5) is 0 Å². The minimum atomic E-state index is -2.46. The molecule has 0 bridgehead atoms. The molecule has 2 aromatic carbocycles. The summed E-state index contributed by atoms with van der Waals surface area (Å²) in [6.45, 7) is 9.71. The van der Waals surface area contributed by atoms with Gasteiger partial charge in [-0.15, -0.1) is 0 Å². The van der Waals surface area contributed by atoms with Crippen LogP contribution in [0.15, 0.2) is 72.8 Å². The lowest BCUT2D eigenvalue weighted by Crippen LogP contribution is -2.66. The van der Waals surface area contributed by atoms with Gasteiger partial charge in [0.1, 0.15) is 0 Å². The predicted octanol–water partition coefficient (Wildman–Crippen LogP) is 5.20. The molecule has 1 N–H and O–H groups in total. The van der Waals surface area contributed by atoms with Crippen LogP contribution in [-0.2, 0) is 9.22 Å². The van der Waals surface area contributed by atoms with E-state index in [2.05, 4.69) is 106 Å². The molecule has 1 saturated heterocycles. The smallest absolute Gasteiger partial charge is 0.261 e. The van der Waals surface area contributed by atoms with Crippen LogP contribution in [0.25, 0.3) is 0 Å². The highest BCUT2D eigenvalue weighted by atomic mass is 28.4. The molecule has 0 saturated carbocycles. The van der Waals surface area contributed by atoms with Crippen molar-refractivity contribution in [2.45, 2.75) is 70.9 Å². The second kappa shape index (κ2) is 11.1. The summed E-state index contributed by atoms with van der Waals surface area (Å²) in [6, 6.07) is 21.9. The lowest BCUT2D eigenvalue weighted by molar-refractivity contribution is -0.124. The molecule has 1 heterocycles. The maximum Gasteiger partial charge on any atom is 0.261 e. The summed E-state index contributed by atoms with van der Waals surface area (Å²) in [6.07, 6.45) is 9.37. The molecule has 0 spiro atoms. The van der Waals surface area contributed by atoms with Gasteiger partial charge in [0.05, 0.1) is 6.61 Å². The highest BCUT2D eigenvalue weighted by Gasteiger charge is 2.49. The predicted molar refractivity (Wildman–Crippen MR) is 137 cm³/mol. The van der Waals surface area contributed by atoms with Crippen LogP contribution in [0.2, 0.25) is 5.04 Å². The number of hydrogen-bond donors (Lipinski definition) is 1. The van der Waals surface area contributed by atoms with Crippen molar-refractivity contribution in [2.75, 3.05) is 6.61 Å². The zero-order valence-electron chi connectivity index (χ0n) is 20.1. The number of unbranched alkanes of at least 4 members (excludes halogenated alkanes) is 1. The molecule has 32 heavy (non-hydrogen) atoms. The Labute approximate surface area is 195 Å². The Balaban J connectivity index is 1.64. The summed E-state index contributed by atoms with van der Waals surface area (Å²) in [4.78, 5) is 11.7. The van der Waals surface area contributed by atoms with Crippen LogP contribution in [0.5, 0.6) is 0 Å². The second-order valence-corrected chi connectivity index (χ2v) is 14.5. The fraction of sp³-hybridized carbons (Fsp3) is 0.464. The zero-order valence-corrected chi connectivity index (χ0v) is 21.1. The molecule has 2 aromatic rings. The van der Waals surface area contributed by atoms with Crippen molar-refractivity contribution in [3.8, 4) is 0 Å². The molecule has 1 aliphatic rings. The number of nitrogens with one attached hydrogen (secondary N) is 1. The van der Waals surface area contributed by atoms with E-state index in [1.807, 2.05) is 0 Å². The van der Waals surface area contributed by atoms with Crippen molar-refractivity contribution >= 4 is 24.6 Å². The van der Waals surface area contributed by atoms with E-state index < -0.39 is 8.32 Å². The van der Waals surface area contributed by atoms with Crippen molar-refractivity contribution in [3.05, 3.63) is 72.8 Å². The lowest BCUT2D eigenvalue weighted by Gasteiger charge is -2.42. The second-order valence-electron chi connectivity index (χ2n) is 10.2. The van der Waals surface area contributed by atoms with Gasteiger partial charge in [0.15, 0.2) is 0 Å². The van der Waals surface area contributed by atoms with Gasteiger partial charge in [0.2, 0.25) is 5.91 Å². The van der Waals surface area contributed by atoms with Gasteiger partial charge in [-0.25, -0.2) is 0 Å². The van der Waals surface area contributed by atoms with Crippen LogP contribution in [-0.4, -0.2) is 26.9 Å². The summed E-state index contributed by atoms with van der Waals surface area (Å²) in [5.74, 6) is 0.715. The van der Waals surface area contributed by atoms with Crippen molar-refractivity contribution in [1.82, 2.24) is 5.32 Å². The molecule has 0 unspecified atom stereocenters. The van der Waals surface area contributed by atoms with Crippen LogP contribution in [0, 0.1) is 5.92 Å². The summed E-state index contributed by atoms with van der Waals surface area (Å²) >= 11 is 0. The molecule has 1 fully saturated rings. The Morgan fingerprint density at radius 2 is 1.59 bits per heavy atom. The third kappa shape index (κ3) is 5.99. The number of carbonyl (C=O) groups is 1. The Morgan fingerprint density at radius 1 is 1.00 bits per heavy atom. The van der Waals surface area contributed by atoms with Gasteiger partial charge in [0, 0.05) is 12.5 Å². The topological polar surface area (TPSA) is 38.3 Å². The number of piperidine rings is 1. The Morgan fingerprint density at radius 3 is 2.12 bits per heavy atom. The monoisotopic (exact) mass is 449 g/mol. The molecule has 1 aliphatic heterocycles. The minimum absolute atomic E-state index is 0.000566. The van der Waals surface area contributed by atoms with Gasteiger partial charge >= 0.3 is 0 Å². The van der Waals surface area contributed by atoms with Crippen molar-refractivity contribution < 1.29 is 9.22 Å². The van der Waals surface area contributed by atoms with E-state index in [0.717, 1.165) is 25.7 Å². The van der Waals surface area contributed by atoms with Crippen LogP contribution in [0.3, 0.4) is 0 Å². The fourth-order valence-electron chi connectivity index (χ4n) is 5.02. The Hall–Kier alpha value is -2.17. The summed E-state index contributed by atoms with van der Waals surface area (Å²) in [5, 5.41) is 5.77. The molecule has 2 atom stereocenters. The molecule has 1 amide bonds. The van der Waals surface area contributed by atoms with Gasteiger partial charge in [0.25, 0.3) is 8.32 Å². The summed E-state index contributed by atoms with van der Waals surface area (Å²) in [5.41, 5.74) is 0. The zero-order chi connectivity index (χ0) is 23.0. The molecule has 0 radical (unpaired) electrons. The molecule has 3 nitrogen and oxygen atoms in total. The van der Waals surface area contributed by atoms with Crippen LogP contribution < -0.4 is 15.7 Å². The van der Waals surface area contributed by atoms with Gasteiger partial charge in [-0.1, -0.05) is 101 Å². The maximum atomic E-state index is 11.7. The summed E-state index contributed by atoms with van der Waals surface area (Å²) < 4.78 is 6.89.